The largest absolute Gasteiger partial charge is 0.508 e. The maximum atomic E-state index is 13.0. The lowest BCUT2D eigenvalue weighted by Crippen LogP contribution is -2.20. The minimum absolute atomic E-state index is 0.0265. The number of anilines is 2. The molecule has 0 radical (unpaired) electrons. The molecule has 40 heavy (non-hydrogen) atoms. The van der Waals surface area contributed by atoms with E-state index < -0.39 is 24.7 Å². The number of aromatic hydroxyl groups is 1. The summed E-state index contributed by atoms with van der Waals surface area (Å²) in [5.74, 6) is -2.07. The van der Waals surface area contributed by atoms with Crippen molar-refractivity contribution in [3.8, 4) is 16.9 Å². The molecule has 3 N–H and O–H groups in total. The fourth-order valence-corrected chi connectivity index (χ4v) is 3.74. The van der Waals surface area contributed by atoms with Crippen LogP contribution in [0.4, 0.5) is 24.5 Å². The van der Waals surface area contributed by atoms with Crippen LogP contribution in [0.1, 0.15) is 36.6 Å². The minimum Gasteiger partial charge on any atom is -0.508 e. The van der Waals surface area contributed by atoms with Gasteiger partial charge in [-0.3, -0.25) is 9.59 Å². The number of hydrogen-bond acceptors (Lipinski definition) is 5. The van der Waals surface area contributed by atoms with Gasteiger partial charge in [0.25, 0.3) is 11.8 Å². The number of carbonyl (C=O) groups excluding carboxylic acids is 3. The van der Waals surface area contributed by atoms with Crippen LogP contribution >= 0.6 is 0 Å². The Morgan fingerprint density at radius 2 is 1.38 bits per heavy atom. The van der Waals surface area contributed by atoms with Crippen molar-refractivity contribution in [1.82, 2.24) is 0 Å². The van der Waals surface area contributed by atoms with E-state index in [4.69, 9.17) is 0 Å². The predicted octanol–water partition coefficient (Wildman–Crippen LogP) is 6.59. The maximum absolute atomic E-state index is 13.0. The lowest BCUT2D eigenvalue weighted by molar-refractivity contribution is -0.161. The third kappa shape index (κ3) is 7.25. The summed E-state index contributed by atoms with van der Waals surface area (Å²) in [5, 5.41) is 15.0. The lowest BCUT2D eigenvalue weighted by atomic mass is 10.0. The number of phenols is 1. The number of nitrogens with one attached hydrogen (secondary N) is 2. The fraction of sp³-hybridized carbons (Fsp3) is 0.100. The molecule has 0 aliphatic rings. The van der Waals surface area contributed by atoms with E-state index in [1.165, 1.54) is 18.2 Å². The quantitative estimate of drug-likeness (QED) is 0.226. The first-order valence-corrected chi connectivity index (χ1v) is 12.0. The van der Waals surface area contributed by atoms with Crippen LogP contribution in [0, 0.1) is 6.92 Å². The van der Waals surface area contributed by atoms with E-state index in [1.54, 1.807) is 67.6 Å². The smallest absolute Gasteiger partial charge is 0.422 e. The van der Waals surface area contributed by atoms with Gasteiger partial charge in [-0.1, -0.05) is 36.4 Å². The van der Waals surface area contributed by atoms with Crippen LogP contribution < -0.4 is 10.6 Å². The summed E-state index contributed by atoms with van der Waals surface area (Å²) in [6.45, 7) is 0.0470. The summed E-state index contributed by atoms with van der Waals surface area (Å²) in [4.78, 5) is 37.8. The third-order valence-electron chi connectivity index (χ3n) is 5.80. The SMILES string of the molecule is Cc1ccc(NC(=O)c2cccc(C(=O)OCC(F)(F)F)c2)cc1NC(=O)c1cccc(-c2ccc(O)cc2)c1. The molecule has 0 unspecified atom stereocenters. The zero-order chi connectivity index (χ0) is 28.9. The monoisotopic (exact) mass is 548 g/mol. The average Bonchev–Trinajstić information content (AvgIpc) is 2.93. The van der Waals surface area contributed by atoms with Crippen molar-refractivity contribution in [2.45, 2.75) is 13.1 Å². The van der Waals surface area contributed by atoms with Crippen molar-refractivity contribution in [2.24, 2.45) is 0 Å². The normalized spacial score (nSPS) is 11.0. The van der Waals surface area contributed by atoms with Crippen LogP contribution in [0.15, 0.2) is 91.0 Å². The van der Waals surface area contributed by atoms with Crippen LogP contribution in [0.3, 0.4) is 0 Å². The first kappa shape index (κ1) is 27.9. The van der Waals surface area contributed by atoms with E-state index in [2.05, 4.69) is 15.4 Å². The molecule has 0 bridgehead atoms. The number of halogens is 3. The van der Waals surface area contributed by atoms with Crippen molar-refractivity contribution < 1.29 is 37.4 Å². The van der Waals surface area contributed by atoms with Gasteiger partial charge in [-0.15, -0.1) is 0 Å². The number of aryl methyl sites for hydroxylation is 1. The highest BCUT2D eigenvalue weighted by Gasteiger charge is 2.30. The van der Waals surface area contributed by atoms with E-state index in [1.807, 2.05) is 6.07 Å². The van der Waals surface area contributed by atoms with Gasteiger partial charge in [-0.05, 0) is 78.2 Å². The standard InChI is InChI=1S/C30H23F3N2O5/c1-18-8-11-24(34-27(37)22-6-3-7-23(15-22)29(39)40-17-30(31,32)33)16-26(18)35-28(38)21-5-2-4-20(14-21)19-9-12-25(36)13-10-19/h2-16,36H,17H2,1H3,(H,34,37)(H,35,38). The second-order valence-corrected chi connectivity index (χ2v) is 8.84. The number of rotatable bonds is 7. The van der Waals surface area contributed by atoms with Crippen molar-refractivity contribution in [3.05, 3.63) is 113 Å². The number of amides is 2. The van der Waals surface area contributed by atoms with E-state index in [0.717, 1.165) is 22.8 Å². The van der Waals surface area contributed by atoms with Crippen molar-refractivity contribution in [1.29, 1.82) is 0 Å². The van der Waals surface area contributed by atoms with Crippen molar-refractivity contribution in [3.63, 3.8) is 0 Å². The van der Waals surface area contributed by atoms with Crippen molar-refractivity contribution in [2.75, 3.05) is 17.2 Å². The molecular formula is C30H23F3N2O5. The molecule has 2 amide bonds. The van der Waals surface area contributed by atoms with Crippen LogP contribution in [-0.2, 0) is 4.74 Å². The fourth-order valence-electron chi connectivity index (χ4n) is 3.74. The number of esters is 1. The molecule has 204 valence electrons. The van der Waals surface area contributed by atoms with Gasteiger partial charge in [-0.2, -0.15) is 13.2 Å². The second kappa shape index (κ2) is 11.7. The number of benzene rings is 4. The Labute approximate surface area is 227 Å². The number of carbonyl (C=O) groups is 3. The topological polar surface area (TPSA) is 105 Å². The molecule has 0 heterocycles. The Hall–Kier alpha value is -5.12. The van der Waals surface area contributed by atoms with Gasteiger partial charge in [0.2, 0.25) is 0 Å². The van der Waals surface area contributed by atoms with E-state index in [-0.39, 0.29) is 22.8 Å². The first-order chi connectivity index (χ1) is 19.0. The van der Waals surface area contributed by atoms with Gasteiger partial charge in [0.05, 0.1) is 5.56 Å². The maximum Gasteiger partial charge on any atom is 0.422 e. The molecule has 0 fully saturated rings. The third-order valence-corrected chi connectivity index (χ3v) is 5.80. The molecule has 4 aromatic rings. The van der Waals surface area contributed by atoms with Crippen LogP contribution in [0.5, 0.6) is 5.75 Å². The zero-order valence-corrected chi connectivity index (χ0v) is 21.1. The van der Waals surface area contributed by atoms with Gasteiger partial charge < -0.3 is 20.5 Å². The van der Waals surface area contributed by atoms with Gasteiger partial charge in [0.15, 0.2) is 6.61 Å². The Balaban J connectivity index is 1.46. The number of alkyl halides is 3. The Bertz CT molecular complexity index is 1570. The second-order valence-electron chi connectivity index (χ2n) is 8.84. The van der Waals surface area contributed by atoms with E-state index in [9.17, 15) is 32.7 Å². The molecule has 4 aromatic carbocycles. The molecule has 0 saturated carbocycles. The highest BCUT2D eigenvalue weighted by atomic mass is 19.4. The summed E-state index contributed by atoms with van der Waals surface area (Å²) in [6.07, 6.45) is -4.67. The van der Waals surface area contributed by atoms with Gasteiger partial charge in [0.1, 0.15) is 5.75 Å². The number of hydrogen-bond donors (Lipinski definition) is 3. The van der Waals surface area contributed by atoms with Crippen LogP contribution in [0.25, 0.3) is 11.1 Å². The van der Waals surface area contributed by atoms with Gasteiger partial charge in [0, 0.05) is 22.5 Å². The molecule has 0 aromatic heterocycles. The van der Waals surface area contributed by atoms with Crippen LogP contribution in [0.2, 0.25) is 0 Å². The first-order valence-electron chi connectivity index (χ1n) is 12.0. The predicted molar refractivity (Wildman–Crippen MR) is 143 cm³/mol. The zero-order valence-electron chi connectivity index (χ0n) is 21.1. The Morgan fingerprint density at radius 1 is 0.750 bits per heavy atom. The Kier molecular flexibility index (Phi) is 8.18. The average molecular weight is 549 g/mol. The summed E-state index contributed by atoms with van der Waals surface area (Å²) in [6, 6.07) is 23.6. The molecule has 0 aliphatic carbocycles. The van der Waals surface area contributed by atoms with Crippen LogP contribution in [-0.4, -0.2) is 35.7 Å². The minimum atomic E-state index is -4.67. The van der Waals surface area contributed by atoms with E-state index in [0.29, 0.717) is 16.9 Å². The molecule has 10 heteroatoms. The molecule has 0 aliphatic heterocycles. The molecular weight excluding hydrogens is 525 g/mol. The summed E-state index contributed by atoms with van der Waals surface area (Å²) >= 11 is 0. The molecule has 7 nitrogen and oxygen atoms in total. The summed E-state index contributed by atoms with van der Waals surface area (Å²) in [7, 11) is 0. The lowest BCUT2D eigenvalue weighted by Gasteiger charge is -2.13. The van der Waals surface area contributed by atoms with Gasteiger partial charge in [-0.25, -0.2) is 4.79 Å². The van der Waals surface area contributed by atoms with E-state index >= 15 is 0 Å². The molecule has 4 rings (SSSR count). The Morgan fingerprint density at radius 3 is 2.08 bits per heavy atom. The number of phenolic OH excluding ortho intramolecular Hbond substituents is 1. The molecule has 0 atom stereocenters. The number of ether oxygens (including phenoxy) is 1. The highest BCUT2D eigenvalue weighted by molar-refractivity contribution is 6.07. The summed E-state index contributed by atoms with van der Waals surface area (Å²) in [5.41, 5.74) is 3.35. The highest BCUT2D eigenvalue weighted by Crippen LogP contribution is 2.25. The molecule has 0 spiro atoms. The van der Waals surface area contributed by atoms with Crippen molar-refractivity contribution >= 4 is 29.2 Å². The van der Waals surface area contributed by atoms with Gasteiger partial charge >= 0.3 is 12.1 Å². The summed E-state index contributed by atoms with van der Waals surface area (Å²) < 4.78 is 41.3. The molecule has 0 saturated heterocycles.